The third-order valence-corrected chi connectivity index (χ3v) is 9.67. The molecule has 6 N–H and O–H groups in total. The van der Waals surface area contributed by atoms with Crippen molar-refractivity contribution >= 4 is 34.5 Å². The second-order valence-corrected chi connectivity index (χ2v) is 14.7. The molecule has 0 spiro atoms. The zero-order chi connectivity index (χ0) is 35.1. The number of benzene rings is 2. The van der Waals surface area contributed by atoms with Gasteiger partial charge in [-0.1, -0.05) is 73.9 Å². The van der Waals surface area contributed by atoms with Crippen LogP contribution in [-0.4, -0.2) is 81.5 Å². The number of nitrogens with two attached hydrogens (primary N) is 1. The number of aliphatic hydroxyl groups is 1. The largest absolute Gasteiger partial charge is 0.390 e. The van der Waals surface area contributed by atoms with Crippen LogP contribution < -0.4 is 21.7 Å². The molecule has 2 aliphatic rings. The maximum Gasteiger partial charge on any atom is 0.270 e. The van der Waals surface area contributed by atoms with Crippen molar-refractivity contribution in [3.8, 4) is 0 Å². The van der Waals surface area contributed by atoms with Crippen LogP contribution in [0.1, 0.15) is 75.3 Å². The third kappa shape index (κ3) is 9.86. The summed E-state index contributed by atoms with van der Waals surface area (Å²) in [6.45, 7) is 6.73. The van der Waals surface area contributed by atoms with Crippen LogP contribution >= 0.6 is 0 Å². The van der Waals surface area contributed by atoms with Gasteiger partial charge >= 0.3 is 0 Å². The summed E-state index contributed by atoms with van der Waals surface area (Å²) in [4.78, 5) is 59.3. The predicted molar refractivity (Wildman–Crippen MR) is 188 cm³/mol. The number of nitrogens with one attached hydrogen (secondary N) is 3. The van der Waals surface area contributed by atoms with Crippen LogP contribution in [0.25, 0.3) is 10.9 Å². The number of rotatable bonds is 12. The van der Waals surface area contributed by atoms with E-state index in [9.17, 15) is 24.3 Å². The van der Waals surface area contributed by atoms with E-state index >= 15 is 0 Å². The van der Waals surface area contributed by atoms with Crippen molar-refractivity contribution in [2.45, 2.75) is 95.5 Å². The molecule has 2 heterocycles. The maximum atomic E-state index is 13.8. The van der Waals surface area contributed by atoms with E-state index in [2.05, 4.69) is 25.8 Å². The zero-order valence-corrected chi connectivity index (χ0v) is 28.7. The molecule has 11 nitrogen and oxygen atoms in total. The van der Waals surface area contributed by atoms with Crippen LogP contribution in [0.3, 0.4) is 0 Å². The summed E-state index contributed by atoms with van der Waals surface area (Å²) in [5, 5.41) is 21.4. The average molecular weight is 671 g/mol. The predicted octanol–water partition coefficient (Wildman–Crippen LogP) is 3.09. The van der Waals surface area contributed by atoms with Gasteiger partial charge < -0.3 is 26.8 Å². The number of carbonyl (C=O) groups excluding carboxylic acids is 4. The second-order valence-electron chi connectivity index (χ2n) is 14.7. The standard InChI is InChI=1S/C38H50N6O5/c1-38(2,3)43-37(49)32-20-26-14-7-8-15-27(26)22-44(32)23-33(45)30(19-24-11-5-4-6-12-24)41-36(48)31(21-34(39)46)42-35(47)29-18-17-25-13-9-10-16-28(25)40-29/h4-6,9-13,16-18,26-27,30-33,45H,7-8,14-15,19-23H2,1-3H3,(H2,39,46)(H,41,48)(H,42,47)(H,43,49)/t26-,27+,30+,31+,32-,33-/m1/s1. The molecule has 3 aromatic rings. The summed E-state index contributed by atoms with van der Waals surface area (Å²) in [6, 6.07) is 17.6. The Morgan fingerprint density at radius 3 is 2.35 bits per heavy atom. The molecular weight excluding hydrogens is 620 g/mol. The van der Waals surface area contributed by atoms with E-state index in [1.807, 2.05) is 69.3 Å². The Morgan fingerprint density at radius 1 is 0.939 bits per heavy atom. The van der Waals surface area contributed by atoms with Crippen LogP contribution in [0.15, 0.2) is 66.7 Å². The van der Waals surface area contributed by atoms with Crippen LogP contribution in [0.5, 0.6) is 0 Å². The Hall–Kier alpha value is -4.35. The Kier molecular flexibility index (Phi) is 11.7. The summed E-state index contributed by atoms with van der Waals surface area (Å²) < 4.78 is 0. The SMILES string of the molecule is CC(C)(C)NC(=O)[C@H]1C[C@H]2CCCC[C@H]2CN1C[C@@H](O)[C@H](Cc1ccccc1)NC(=O)[C@H](CC(N)=O)NC(=O)c1ccc2ccccc2n1. The molecule has 1 aliphatic heterocycles. The molecule has 0 bridgehead atoms. The zero-order valence-electron chi connectivity index (χ0n) is 28.7. The molecule has 6 atom stereocenters. The Morgan fingerprint density at radius 2 is 1.63 bits per heavy atom. The fourth-order valence-electron chi connectivity index (χ4n) is 7.26. The number of amides is 4. The summed E-state index contributed by atoms with van der Waals surface area (Å²) in [5.41, 5.74) is 6.70. The maximum absolute atomic E-state index is 13.8. The van der Waals surface area contributed by atoms with Gasteiger partial charge in [0.05, 0.1) is 30.1 Å². The average Bonchev–Trinajstić information content (AvgIpc) is 3.06. The molecule has 0 unspecified atom stereocenters. The van der Waals surface area contributed by atoms with Gasteiger partial charge in [0.25, 0.3) is 5.91 Å². The van der Waals surface area contributed by atoms with E-state index < -0.39 is 53.9 Å². The van der Waals surface area contributed by atoms with Crippen LogP contribution in [0, 0.1) is 11.8 Å². The molecule has 1 saturated heterocycles. The number of hydrogen-bond acceptors (Lipinski definition) is 7. The van der Waals surface area contributed by atoms with Crippen LogP contribution in [0.4, 0.5) is 0 Å². The number of likely N-dealkylation sites (tertiary alicyclic amines) is 1. The highest BCUT2D eigenvalue weighted by Crippen LogP contribution is 2.39. The lowest BCUT2D eigenvalue weighted by Crippen LogP contribution is -2.61. The number of hydrogen-bond donors (Lipinski definition) is 5. The topological polar surface area (TPSA) is 167 Å². The minimum absolute atomic E-state index is 0.0566. The first-order valence-electron chi connectivity index (χ1n) is 17.4. The van der Waals surface area contributed by atoms with Crippen molar-refractivity contribution in [1.29, 1.82) is 0 Å². The van der Waals surface area contributed by atoms with Crippen LogP contribution in [0.2, 0.25) is 0 Å². The van der Waals surface area contributed by atoms with Gasteiger partial charge in [-0.25, -0.2) is 4.98 Å². The summed E-state index contributed by atoms with van der Waals surface area (Å²) in [5.74, 6) is -1.20. The summed E-state index contributed by atoms with van der Waals surface area (Å²) in [6.07, 6.45) is 4.03. The fourth-order valence-corrected chi connectivity index (χ4v) is 7.26. The quantitative estimate of drug-likeness (QED) is 0.198. The molecular formula is C38H50N6O5. The van der Waals surface area contributed by atoms with Gasteiger partial charge in [-0.2, -0.15) is 0 Å². The smallest absolute Gasteiger partial charge is 0.270 e. The number of para-hydroxylation sites is 1. The molecule has 4 amide bonds. The number of fused-ring (bicyclic) bond motifs is 2. The highest BCUT2D eigenvalue weighted by molar-refractivity contribution is 5.99. The second kappa shape index (κ2) is 15.9. The fraction of sp³-hybridized carbons (Fsp3) is 0.500. The normalized spacial score (nSPS) is 21.5. The Bertz CT molecular complexity index is 1630. The van der Waals surface area contributed by atoms with E-state index in [1.165, 1.54) is 6.42 Å². The first kappa shape index (κ1) is 35.9. The molecule has 1 aromatic heterocycles. The van der Waals surface area contributed by atoms with Crippen LogP contribution in [-0.2, 0) is 20.8 Å². The van der Waals surface area contributed by atoms with Crippen molar-refractivity contribution < 1.29 is 24.3 Å². The van der Waals surface area contributed by atoms with Gasteiger partial charge in [0, 0.05) is 24.0 Å². The van der Waals surface area contributed by atoms with E-state index in [0.29, 0.717) is 23.9 Å². The Labute approximate surface area is 288 Å². The number of piperidine rings is 1. The van der Waals surface area contributed by atoms with Crippen molar-refractivity contribution in [2.24, 2.45) is 17.6 Å². The van der Waals surface area contributed by atoms with Gasteiger partial charge in [0.1, 0.15) is 11.7 Å². The first-order valence-corrected chi connectivity index (χ1v) is 17.4. The van der Waals surface area contributed by atoms with E-state index in [4.69, 9.17) is 5.73 Å². The molecule has 0 radical (unpaired) electrons. The lowest BCUT2D eigenvalue weighted by molar-refractivity contribution is -0.133. The third-order valence-electron chi connectivity index (χ3n) is 9.67. The molecule has 11 heteroatoms. The van der Waals surface area contributed by atoms with Gasteiger partial charge in [0.2, 0.25) is 17.7 Å². The minimum atomic E-state index is -1.30. The van der Waals surface area contributed by atoms with Crippen molar-refractivity contribution in [2.75, 3.05) is 13.1 Å². The highest BCUT2D eigenvalue weighted by Gasteiger charge is 2.42. The van der Waals surface area contributed by atoms with E-state index in [0.717, 1.165) is 36.6 Å². The lowest BCUT2D eigenvalue weighted by atomic mass is 9.72. The molecule has 5 rings (SSSR count). The minimum Gasteiger partial charge on any atom is -0.390 e. The molecule has 2 fully saturated rings. The lowest BCUT2D eigenvalue weighted by Gasteiger charge is -2.47. The number of carbonyl (C=O) groups is 4. The van der Waals surface area contributed by atoms with Gasteiger partial charge in [-0.05, 0) is 69.6 Å². The number of aliphatic hydroxyl groups excluding tert-OH is 1. The van der Waals surface area contributed by atoms with Crippen molar-refractivity contribution in [1.82, 2.24) is 25.8 Å². The first-order chi connectivity index (χ1) is 23.4. The molecule has 1 saturated carbocycles. The molecule has 49 heavy (non-hydrogen) atoms. The number of primary amides is 1. The van der Waals surface area contributed by atoms with E-state index in [1.54, 1.807) is 18.2 Å². The van der Waals surface area contributed by atoms with Crippen molar-refractivity contribution in [3.63, 3.8) is 0 Å². The molecule has 1 aliphatic carbocycles. The monoisotopic (exact) mass is 670 g/mol. The molecule has 262 valence electrons. The number of nitrogens with zero attached hydrogens (tertiary/aromatic N) is 2. The number of pyridine rings is 1. The van der Waals surface area contributed by atoms with E-state index in [-0.39, 0.29) is 24.6 Å². The highest BCUT2D eigenvalue weighted by atomic mass is 16.3. The van der Waals surface area contributed by atoms with Gasteiger partial charge in [0.15, 0.2) is 0 Å². The van der Waals surface area contributed by atoms with Gasteiger partial charge in [-0.3, -0.25) is 24.1 Å². The Balaban J connectivity index is 1.35. The van der Waals surface area contributed by atoms with Gasteiger partial charge in [-0.15, -0.1) is 0 Å². The van der Waals surface area contributed by atoms with Crippen molar-refractivity contribution in [3.05, 3.63) is 78.0 Å². The summed E-state index contributed by atoms with van der Waals surface area (Å²) >= 11 is 0. The number of aromatic nitrogens is 1. The molecule has 2 aromatic carbocycles. The number of β-amino-alcohol motifs (C(OH)–C–C–N with tert-alkyl or cyclic N) is 1. The summed E-state index contributed by atoms with van der Waals surface area (Å²) in [7, 11) is 0.